The van der Waals surface area contributed by atoms with Gasteiger partial charge in [-0.15, -0.1) is 0 Å². The van der Waals surface area contributed by atoms with E-state index in [2.05, 4.69) is 20.6 Å². The summed E-state index contributed by atoms with van der Waals surface area (Å²) >= 11 is 5.24. The zero-order chi connectivity index (χ0) is 16.4. The average Bonchev–Trinajstić information content (AvgIpc) is 3.06. The van der Waals surface area contributed by atoms with Crippen LogP contribution in [0.4, 0.5) is 5.82 Å². The highest BCUT2D eigenvalue weighted by Gasteiger charge is 2.13. The van der Waals surface area contributed by atoms with Crippen LogP contribution in [-0.4, -0.2) is 30.5 Å². The Hall–Kier alpha value is -2.74. The van der Waals surface area contributed by atoms with Crippen LogP contribution in [0.3, 0.4) is 0 Å². The Labute approximate surface area is 138 Å². The molecule has 2 N–H and O–H groups in total. The third-order valence-corrected chi connectivity index (χ3v) is 3.63. The van der Waals surface area contributed by atoms with Gasteiger partial charge in [-0.1, -0.05) is 23.8 Å². The first-order chi connectivity index (χ1) is 11.0. The predicted molar refractivity (Wildman–Crippen MR) is 89.4 cm³/mol. The largest absolute Gasteiger partial charge is 0.308 e. The highest BCUT2D eigenvalue weighted by Crippen LogP contribution is 2.18. The van der Waals surface area contributed by atoms with Gasteiger partial charge in [0.2, 0.25) is 5.91 Å². The predicted octanol–water partition coefficient (Wildman–Crippen LogP) is 2.29. The molecule has 7 nitrogen and oxygen atoms in total. The van der Waals surface area contributed by atoms with E-state index in [9.17, 15) is 4.79 Å². The van der Waals surface area contributed by atoms with Crippen molar-refractivity contribution in [1.82, 2.24) is 24.5 Å². The second kappa shape index (κ2) is 6.17. The summed E-state index contributed by atoms with van der Waals surface area (Å²) in [5.41, 5.74) is 2.02. The topological polar surface area (TPSA) is 80.5 Å². The zero-order valence-electron chi connectivity index (χ0n) is 12.8. The molecule has 1 amide bonds. The van der Waals surface area contributed by atoms with Crippen LogP contribution < -0.4 is 5.32 Å². The molecule has 23 heavy (non-hydrogen) atoms. The molecule has 0 spiro atoms. The summed E-state index contributed by atoms with van der Waals surface area (Å²) in [6, 6.07) is 9.61. The van der Waals surface area contributed by atoms with Crippen molar-refractivity contribution in [3.63, 3.8) is 0 Å². The highest BCUT2D eigenvalue weighted by molar-refractivity contribution is 7.71. The monoisotopic (exact) mass is 328 g/mol. The van der Waals surface area contributed by atoms with Gasteiger partial charge >= 0.3 is 0 Å². The van der Waals surface area contributed by atoms with E-state index in [0.717, 1.165) is 11.1 Å². The van der Waals surface area contributed by atoms with Gasteiger partial charge in [-0.25, -0.2) is 0 Å². The third-order valence-electron chi connectivity index (χ3n) is 3.32. The lowest BCUT2D eigenvalue weighted by Crippen LogP contribution is -2.20. The third kappa shape index (κ3) is 3.37. The van der Waals surface area contributed by atoms with E-state index >= 15 is 0 Å². The van der Waals surface area contributed by atoms with Crippen LogP contribution in [0.1, 0.15) is 5.56 Å². The van der Waals surface area contributed by atoms with E-state index in [0.29, 0.717) is 16.4 Å². The molecule has 8 heteroatoms. The summed E-state index contributed by atoms with van der Waals surface area (Å²) < 4.78 is 3.69. The summed E-state index contributed by atoms with van der Waals surface area (Å²) in [5, 5.41) is 13.8. The van der Waals surface area contributed by atoms with Gasteiger partial charge in [0.15, 0.2) is 16.4 Å². The molecule has 2 heterocycles. The SMILES string of the molecule is Cc1cccc(-c2n[nH]c(=S)n2CC(=O)Nc2ccn(C)n2)c1. The molecule has 0 radical (unpaired) electrons. The average molecular weight is 328 g/mol. The molecule has 3 rings (SSSR count). The zero-order valence-corrected chi connectivity index (χ0v) is 13.6. The van der Waals surface area contributed by atoms with E-state index in [-0.39, 0.29) is 12.5 Å². The fourth-order valence-corrected chi connectivity index (χ4v) is 2.47. The van der Waals surface area contributed by atoms with E-state index in [1.807, 2.05) is 31.2 Å². The van der Waals surface area contributed by atoms with E-state index in [1.165, 1.54) is 0 Å². The fraction of sp³-hybridized carbons (Fsp3) is 0.200. The van der Waals surface area contributed by atoms with Gasteiger partial charge in [0.05, 0.1) is 0 Å². The maximum absolute atomic E-state index is 12.2. The van der Waals surface area contributed by atoms with Crippen LogP contribution in [0.15, 0.2) is 36.5 Å². The smallest absolute Gasteiger partial charge is 0.245 e. The summed E-state index contributed by atoms with van der Waals surface area (Å²) in [5.74, 6) is 0.926. The molecule has 0 aliphatic rings. The van der Waals surface area contributed by atoms with Gasteiger partial charge < -0.3 is 5.32 Å². The molecule has 2 aromatic heterocycles. The van der Waals surface area contributed by atoms with Gasteiger partial charge in [0.1, 0.15) is 6.54 Å². The summed E-state index contributed by atoms with van der Waals surface area (Å²) in [6.45, 7) is 2.07. The van der Waals surface area contributed by atoms with Crippen LogP contribution in [0.25, 0.3) is 11.4 Å². The van der Waals surface area contributed by atoms with Crippen molar-refractivity contribution >= 4 is 23.9 Å². The lowest BCUT2D eigenvalue weighted by molar-refractivity contribution is -0.116. The molecule has 118 valence electrons. The molecule has 0 saturated heterocycles. The normalized spacial score (nSPS) is 10.7. The van der Waals surface area contributed by atoms with Crippen molar-refractivity contribution in [2.24, 2.45) is 7.05 Å². The van der Waals surface area contributed by atoms with Crippen LogP contribution in [0.5, 0.6) is 0 Å². The van der Waals surface area contributed by atoms with Crippen molar-refractivity contribution in [3.8, 4) is 11.4 Å². The van der Waals surface area contributed by atoms with Gasteiger partial charge in [-0.3, -0.25) is 19.1 Å². The Morgan fingerprint density at radius 1 is 1.39 bits per heavy atom. The molecular weight excluding hydrogens is 312 g/mol. The van der Waals surface area contributed by atoms with Crippen LogP contribution >= 0.6 is 12.2 Å². The number of anilines is 1. The molecule has 0 fully saturated rings. The minimum Gasteiger partial charge on any atom is -0.308 e. The number of rotatable bonds is 4. The number of benzene rings is 1. The van der Waals surface area contributed by atoms with Gasteiger partial charge in [-0.05, 0) is 25.2 Å². The number of carbonyl (C=O) groups excluding carboxylic acids is 1. The number of carbonyl (C=O) groups is 1. The number of amides is 1. The summed E-state index contributed by atoms with van der Waals surface area (Å²) in [4.78, 5) is 12.2. The second-order valence-electron chi connectivity index (χ2n) is 5.23. The number of hydrogen-bond acceptors (Lipinski definition) is 4. The van der Waals surface area contributed by atoms with Crippen molar-refractivity contribution in [2.45, 2.75) is 13.5 Å². The quantitative estimate of drug-likeness (QED) is 0.720. The standard InChI is InChI=1S/C15H16N6OS/c1-10-4-3-5-11(8-10)14-17-18-15(23)21(14)9-13(22)16-12-6-7-20(2)19-12/h3-8H,9H2,1-2H3,(H,18,23)(H,16,19,22). The molecule has 0 bridgehead atoms. The minimum absolute atomic E-state index is 0.0647. The second-order valence-corrected chi connectivity index (χ2v) is 5.62. The summed E-state index contributed by atoms with van der Waals surface area (Å²) in [7, 11) is 1.79. The van der Waals surface area contributed by atoms with Gasteiger partial charge in [0.25, 0.3) is 0 Å². The van der Waals surface area contributed by atoms with E-state index in [1.54, 1.807) is 28.6 Å². The molecule has 0 aliphatic heterocycles. The first-order valence-corrected chi connectivity index (χ1v) is 7.45. The van der Waals surface area contributed by atoms with Crippen LogP contribution in [0.2, 0.25) is 0 Å². The molecule has 0 aliphatic carbocycles. The highest BCUT2D eigenvalue weighted by atomic mass is 32.1. The van der Waals surface area contributed by atoms with E-state index in [4.69, 9.17) is 12.2 Å². The number of aryl methyl sites for hydroxylation is 2. The number of aromatic amines is 1. The summed E-state index contributed by atoms with van der Waals surface area (Å²) in [6.07, 6.45) is 1.76. The number of H-pyrrole nitrogens is 1. The van der Waals surface area contributed by atoms with Gasteiger partial charge in [-0.2, -0.15) is 10.2 Å². The Kier molecular flexibility index (Phi) is 4.07. The van der Waals surface area contributed by atoms with Crippen molar-refractivity contribution < 1.29 is 4.79 Å². The molecule has 3 aromatic rings. The van der Waals surface area contributed by atoms with Crippen molar-refractivity contribution in [1.29, 1.82) is 0 Å². The Morgan fingerprint density at radius 2 is 2.22 bits per heavy atom. The first kappa shape index (κ1) is 15.2. The molecule has 0 atom stereocenters. The fourth-order valence-electron chi connectivity index (χ4n) is 2.28. The minimum atomic E-state index is -0.213. The van der Waals surface area contributed by atoms with Gasteiger partial charge in [0, 0.05) is 24.9 Å². The number of nitrogens with zero attached hydrogens (tertiary/aromatic N) is 4. The number of aromatic nitrogens is 5. The Balaban J connectivity index is 1.84. The maximum atomic E-state index is 12.2. The Bertz CT molecular complexity index is 907. The lowest BCUT2D eigenvalue weighted by Gasteiger charge is -2.07. The van der Waals surface area contributed by atoms with E-state index < -0.39 is 0 Å². The van der Waals surface area contributed by atoms with Crippen LogP contribution in [0, 0.1) is 11.7 Å². The lowest BCUT2D eigenvalue weighted by atomic mass is 10.1. The number of hydrogen-bond donors (Lipinski definition) is 2. The maximum Gasteiger partial charge on any atom is 0.245 e. The molecular formula is C15H16N6OS. The number of nitrogens with one attached hydrogen (secondary N) is 2. The van der Waals surface area contributed by atoms with Crippen LogP contribution in [-0.2, 0) is 18.4 Å². The molecule has 1 aromatic carbocycles. The van der Waals surface area contributed by atoms with Crippen molar-refractivity contribution in [3.05, 3.63) is 46.9 Å². The molecule has 0 unspecified atom stereocenters. The van der Waals surface area contributed by atoms with Crippen molar-refractivity contribution in [2.75, 3.05) is 5.32 Å². The first-order valence-electron chi connectivity index (χ1n) is 7.04. The Morgan fingerprint density at radius 3 is 2.91 bits per heavy atom. The molecule has 0 saturated carbocycles.